The number of phenolic OH excluding ortho intramolecular Hbond substituents is 1. The van der Waals surface area contributed by atoms with E-state index in [9.17, 15) is 5.11 Å². The van der Waals surface area contributed by atoms with Crippen molar-refractivity contribution in [2.24, 2.45) is 0 Å². The Morgan fingerprint density at radius 3 is 2.93 bits per heavy atom. The molecule has 0 fully saturated rings. The van der Waals surface area contributed by atoms with Gasteiger partial charge in [0.15, 0.2) is 5.82 Å². The van der Waals surface area contributed by atoms with Crippen LogP contribution in [0, 0.1) is 0 Å². The Morgan fingerprint density at radius 1 is 1.47 bits per heavy atom. The summed E-state index contributed by atoms with van der Waals surface area (Å²) in [4.78, 5) is 4.13. The van der Waals surface area contributed by atoms with Gasteiger partial charge < -0.3 is 10.8 Å². The number of nitrogen functional groups attached to an aromatic ring is 1. The smallest absolute Gasteiger partial charge is 0.158 e. The van der Waals surface area contributed by atoms with Gasteiger partial charge in [-0.3, -0.25) is 0 Å². The van der Waals surface area contributed by atoms with E-state index in [0.717, 1.165) is 17.9 Å². The first kappa shape index (κ1) is 9.51. The van der Waals surface area contributed by atoms with Crippen LogP contribution in [0.15, 0.2) is 24.5 Å². The van der Waals surface area contributed by atoms with Crippen molar-refractivity contribution in [1.82, 2.24) is 14.8 Å². The van der Waals surface area contributed by atoms with E-state index in [0.29, 0.717) is 5.69 Å². The van der Waals surface area contributed by atoms with Crippen LogP contribution in [0.5, 0.6) is 5.75 Å². The Balaban J connectivity index is 2.50. The van der Waals surface area contributed by atoms with Gasteiger partial charge in [-0.1, -0.05) is 0 Å². The van der Waals surface area contributed by atoms with Crippen LogP contribution in [0.1, 0.15) is 6.92 Å². The summed E-state index contributed by atoms with van der Waals surface area (Å²) in [7, 11) is 0. The van der Waals surface area contributed by atoms with Crippen molar-refractivity contribution in [3.63, 3.8) is 0 Å². The average Bonchev–Trinajstić information content (AvgIpc) is 2.70. The summed E-state index contributed by atoms with van der Waals surface area (Å²) >= 11 is 0. The SMILES string of the molecule is CCn1ncnc1-c1ccc(N)c(O)c1. The number of aromatic hydroxyl groups is 1. The molecule has 3 N–H and O–H groups in total. The van der Waals surface area contributed by atoms with Crippen molar-refractivity contribution >= 4 is 5.69 Å². The van der Waals surface area contributed by atoms with E-state index in [1.807, 2.05) is 13.0 Å². The van der Waals surface area contributed by atoms with Crippen molar-refractivity contribution in [2.75, 3.05) is 5.73 Å². The largest absolute Gasteiger partial charge is 0.506 e. The van der Waals surface area contributed by atoms with Crippen molar-refractivity contribution < 1.29 is 5.11 Å². The Kier molecular flexibility index (Phi) is 2.29. The molecule has 5 nitrogen and oxygen atoms in total. The zero-order valence-corrected chi connectivity index (χ0v) is 8.38. The van der Waals surface area contributed by atoms with Gasteiger partial charge in [-0.15, -0.1) is 0 Å². The van der Waals surface area contributed by atoms with Gasteiger partial charge in [0, 0.05) is 12.1 Å². The summed E-state index contributed by atoms with van der Waals surface area (Å²) in [6.07, 6.45) is 1.49. The van der Waals surface area contributed by atoms with Crippen LogP contribution in [0.3, 0.4) is 0 Å². The second-order valence-electron chi connectivity index (χ2n) is 3.17. The predicted molar refractivity (Wildman–Crippen MR) is 57.2 cm³/mol. The zero-order chi connectivity index (χ0) is 10.8. The van der Waals surface area contributed by atoms with E-state index in [1.165, 1.54) is 6.33 Å². The third-order valence-electron chi connectivity index (χ3n) is 2.20. The first-order valence-corrected chi connectivity index (χ1v) is 4.69. The highest BCUT2D eigenvalue weighted by molar-refractivity contribution is 5.64. The van der Waals surface area contributed by atoms with Crippen LogP contribution >= 0.6 is 0 Å². The number of anilines is 1. The fraction of sp³-hybridized carbons (Fsp3) is 0.200. The normalized spacial score (nSPS) is 10.5. The molecule has 0 atom stereocenters. The number of nitrogens with two attached hydrogens (primary N) is 1. The molecule has 78 valence electrons. The van der Waals surface area contributed by atoms with Crippen LogP contribution in [0.25, 0.3) is 11.4 Å². The molecule has 0 unspecified atom stereocenters. The lowest BCUT2D eigenvalue weighted by Gasteiger charge is -2.04. The number of aromatic nitrogens is 3. The second-order valence-corrected chi connectivity index (χ2v) is 3.17. The lowest BCUT2D eigenvalue weighted by molar-refractivity contribution is 0.478. The number of aryl methyl sites for hydroxylation is 1. The topological polar surface area (TPSA) is 77.0 Å². The van der Waals surface area contributed by atoms with Gasteiger partial charge in [0.05, 0.1) is 5.69 Å². The third kappa shape index (κ3) is 1.63. The van der Waals surface area contributed by atoms with Crippen LogP contribution < -0.4 is 5.73 Å². The third-order valence-corrected chi connectivity index (χ3v) is 2.20. The van der Waals surface area contributed by atoms with Crippen molar-refractivity contribution in [3.05, 3.63) is 24.5 Å². The Bertz CT molecular complexity index is 478. The number of rotatable bonds is 2. The molecule has 2 aromatic rings. The number of nitrogens with zero attached hydrogens (tertiary/aromatic N) is 3. The lowest BCUT2D eigenvalue weighted by Crippen LogP contribution is -1.99. The van der Waals surface area contributed by atoms with Gasteiger partial charge in [0.25, 0.3) is 0 Å². The molecule has 1 aromatic heterocycles. The Morgan fingerprint density at radius 2 is 2.27 bits per heavy atom. The molecule has 0 aliphatic rings. The van der Waals surface area contributed by atoms with Crippen LogP contribution in [0.2, 0.25) is 0 Å². The fourth-order valence-corrected chi connectivity index (χ4v) is 1.40. The first-order chi connectivity index (χ1) is 7.22. The maximum atomic E-state index is 9.48. The molecule has 0 amide bonds. The van der Waals surface area contributed by atoms with Crippen LogP contribution in [-0.2, 0) is 6.54 Å². The molecule has 0 aliphatic heterocycles. The second kappa shape index (κ2) is 3.61. The number of hydrogen-bond donors (Lipinski definition) is 2. The minimum Gasteiger partial charge on any atom is -0.506 e. The highest BCUT2D eigenvalue weighted by atomic mass is 16.3. The fourth-order valence-electron chi connectivity index (χ4n) is 1.40. The average molecular weight is 204 g/mol. The molecular formula is C10H12N4O. The molecule has 0 bridgehead atoms. The van der Waals surface area contributed by atoms with E-state index < -0.39 is 0 Å². The lowest BCUT2D eigenvalue weighted by atomic mass is 10.2. The monoisotopic (exact) mass is 204 g/mol. The van der Waals surface area contributed by atoms with E-state index in [2.05, 4.69) is 10.1 Å². The highest BCUT2D eigenvalue weighted by Gasteiger charge is 2.07. The molecular weight excluding hydrogens is 192 g/mol. The molecule has 0 spiro atoms. The molecule has 15 heavy (non-hydrogen) atoms. The maximum absolute atomic E-state index is 9.48. The predicted octanol–water partition coefficient (Wildman–Crippen LogP) is 1.25. The number of benzene rings is 1. The van der Waals surface area contributed by atoms with E-state index >= 15 is 0 Å². The minimum absolute atomic E-state index is 0.0677. The summed E-state index contributed by atoms with van der Waals surface area (Å²) in [5.41, 5.74) is 6.69. The summed E-state index contributed by atoms with van der Waals surface area (Å²) < 4.78 is 1.75. The van der Waals surface area contributed by atoms with E-state index in [4.69, 9.17) is 5.73 Å². The summed E-state index contributed by atoms with van der Waals surface area (Å²) in [6, 6.07) is 5.05. The van der Waals surface area contributed by atoms with Gasteiger partial charge in [-0.2, -0.15) is 5.10 Å². The zero-order valence-electron chi connectivity index (χ0n) is 8.38. The maximum Gasteiger partial charge on any atom is 0.158 e. The molecule has 1 aromatic carbocycles. The molecule has 0 aliphatic carbocycles. The molecule has 0 radical (unpaired) electrons. The highest BCUT2D eigenvalue weighted by Crippen LogP contribution is 2.26. The van der Waals surface area contributed by atoms with Crippen molar-refractivity contribution in [1.29, 1.82) is 0 Å². The van der Waals surface area contributed by atoms with Gasteiger partial charge in [0.1, 0.15) is 12.1 Å². The van der Waals surface area contributed by atoms with Gasteiger partial charge in [-0.05, 0) is 25.1 Å². The molecule has 0 saturated heterocycles. The van der Waals surface area contributed by atoms with Crippen molar-refractivity contribution in [2.45, 2.75) is 13.5 Å². The molecule has 2 rings (SSSR count). The van der Waals surface area contributed by atoms with Gasteiger partial charge in [0.2, 0.25) is 0 Å². The van der Waals surface area contributed by atoms with Crippen molar-refractivity contribution in [3.8, 4) is 17.1 Å². The van der Waals surface area contributed by atoms with Crippen LogP contribution in [0.4, 0.5) is 5.69 Å². The Labute approximate surface area is 87.2 Å². The summed E-state index contributed by atoms with van der Waals surface area (Å²) in [6.45, 7) is 2.72. The number of hydrogen-bond acceptors (Lipinski definition) is 4. The summed E-state index contributed by atoms with van der Waals surface area (Å²) in [5.74, 6) is 0.797. The van der Waals surface area contributed by atoms with Gasteiger partial charge in [-0.25, -0.2) is 9.67 Å². The first-order valence-electron chi connectivity index (χ1n) is 4.69. The van der Waals surface area contributed by atoms with Crippen LogP contribution in [-0.4, -0.2) is 19.9 Å². The number of phenols is 1. The Hall–Kier alpha value is -2.04. The molecule has 5 heteroatoms. The van der Waals surface area contributed by atoms with E-state index in [1.54, 1.807) is 16.8 Å². The molecule has 1 heterocycles. The molecule has 0 saturated carbocycles. The van der Waals surface area contributed by atoms with E-state index in [-0.39, 0.29) is 5.75 Å². The standard InChI is InChI=1S/C10H12N4O/c1-2-14-10(12-6-13-14)7-3-4-8(11)9(15)5-7/h3-6,15H,2,11H2,1H3. The quantitative estimate of drug-likeness (QED) is 0.570. The summed E-state index contributed by atoms with van der Waals surface area (Å²) in [5, 5.41) is 13.5. The minimum atomic E-state index is 0.0677. The van der Waals surface area contributed by atoms with Gasteiger partial charge >= 0.3 is 0 Å².